The van der Waals surface area contributed by atoms with Crippen LogP contribution in [0.25, 0.3) is 0 Å². The van der Waals surface area contributed by atoms with Gasteiger partial charge in [0.15, 0.2) is 0 Å². The predicted octanol–water partition coefficient (Wildman–Crippen LogP) is -0.226. The number of H-pyrrole nitrogens is 1. The second kappa shape index (κ2) is 5.30. The van der Waals surface area contributed by atoms with Crippen molar-refractivity contribution >= 4 is 5.95 Å². The molecule has 1 aliphatic heterocycles. The summed E-state index contributed by atoms with van der Waals surface area (Å²) in [5, 5.41) is 3.40. The van der Waals surface area contributed by atoms with E-state index < -0.39 is 0 Å². The summed E-state index contributed by atoms with van der Waals surface area (Å²) in [5.74, 6) is 0.716. The molecule has 1 aliphatic carbocycles. The average Bonchev–Trinajstić information content (AvgIpc) is 3.20. The Kier molecular flexibility index (Phi) is 3.52. The lowest BCUT2D eigenvalue weighted by Crippen LogP contribution is -2.45. The Morgan fingerprint density at radius 3 is 2.79 bits per heavy atom. The molecule has 2 fully saturated rings. The molecule has 1 saturated carbocycles. The van der Waals surface area contributed by atoms with E-state index in [-0.39, 0.29) is 5.56 Å². The molecular formula is C13H21N5O. The second-order valence-corrected chi connectivity index (χ2v) is 5.51. The molecule has 6 heteroatoms. The van der Waals surface area contributed by atoms with Crippen molar-refractivity contribution in [1.82, 2.24) is 20.2 Å². The maximum atomic E-state index is 11.7. The number of anilines is 1. The van der Waals surface area contributed by atoms with Gasteiger partial charge in [-0.1, -0.05) is 0 Å². The van der Waals surface area contributed by atoms with Gasteiger partial charge in [-0.15, -0.1) is 0 Å². The Hall–Kier alpha value is -1.40. The molecule has 0 amide bonds. The first kappa shape index (κ1) is 12.6. The first-order valence-electron chi connectivity index (χ1n) is 6.98. The lowest BCUT2D eigenvalue weighted by Gasteiger charge is -2.32. The van der Waals surface area contributed by atoms with E-state index in [2.05, 4.69) is 32.1 Å². The third-order valence-corrected chi connectivity index (χ3v) is 3.73. The number of aromatic amines is 1. The molecule has 2 N–H and O–H groups in total. The molecular weight excluding hydrogens is 242 g/mol. The van der Waals surface area contributed by atoms with Crippen LogP contribution in [0.2, 0.25) is 0 Å². The highest BCUT2D eigenvalue weighted by molar-refractivity contribution is 5.31. The smallest absolute Gasteiger partial charge is 0.252 e. The minimum absolute atomic E-state index is 0.0588. The first-order chi connectivity index (χ1) is 9.20. The normalized spacial score (nSPS) is 20.8. The topological polar surface area (TPSA) is 64.3 Å². The second-order valence-electron chi connectivity index (χ2n) is 5.51. The van der Waals surface area contributed by atoms with Gasteiger partial charge in [0.05, 0.1) is 5.69 Å². The summed E-state index contributed by atoms with van der Waals surface area (Å²) in [6.07, 6.45) is 2.49. The van der Waals surface area contributed by atoms with E-state index in [1.54, 1.807) is 6.07 Å². The standard InChI is InChI=1S/C13H21N5O/c1-17-4-6-18(7-5-17)13-15-11(8-12(19)16-13)9-14-10-2-3-10/h8,10,14H,2-7,9H2,1H3,(H,15,16,19). The summed E-state index contributed by atoms with van der Waals surface area (Å²) < 4.78 is 0. The van der Waals surface area contributed by atoms with E-state index >= 15 is 0 Å². The lowest BCUT2D eigenvalue weighted by molar-refractivity contribution is 0.311. The van der Waals surface area contributed by atoms with Crippen LogP contribution in [0.1, 0.15) is 18.5 Å². The molecule has 19 heavy (non-hydrogen) atoms. The van der Waals surface area contributed by atoms with Crippen LogP contribution in [0.3, 0.4) is 0 Å². The number of rotatable bonds is 4. The number of nitrogens with one attached hydrogen (secondary N) is 2. The maximum absolute atomic E-state index is 11.7. The Labute approximate surface area is 112 Å². The first-order valence-corrected chi connectivity index (χ1v) is 6.98. The van der Waals surface area contributed by atoms with Gasteiger partial charge in [-0.05, 0) is 19.9 Å². The molecule has 2 heterocycles. The van der Waals surface area contributed by atoms with Crippen molar-refractivity contribution in [1.29, 1.82) is 0 Å². The maximum Gasteiger partial charge on any atom is 0.252 e. The van der Waals surface area contributed by atoms with Gasteiger partial charge in [0.25, 0.3) is 5.56 Å². The summed E-state index contributed by atoms with van der Waals surface area (Å²) in [6, 6.07) is 2.22. The van der Waals surface area contributed by atoms with Crippen molar-refractivity contribution < 1.29 is 0 Å². The summed E-state index contributed by atoms with van der Waals surface area (Å²) in [4.78, 5) is 23.6. The van der Waals surface area contributed by atoms with Crippen LogP contribution in [0.15, 0.2) is 10.9 Å². The van der Waals surface area contributed by atoms with Crippen molar-refractivity contribution in [2.45, 2.75) is 25.4 Å². The number of hydrogen-bond donors (Lipinski definition) is 2. The Balaban J connectivity index is 1.70. The molecule has 0 aromatic carbocycles. The van der Waals surface area contributed by atoms with E-state index in [1.807, 2.05) is 0 Å². The van der Waals surface area contributed by atoms with E-state index in [0.717, 1.165) is 31.9 Å². The van der Waals surface area contributed by atoms with Gasteiger partial charge >= 0.3 is 0 Å². The van der Waals surface area contributed by atoms with Gasteiger partial charge in [0, 0.05) is 44.8 Å². The third-order valence-electron chi connectivity index (χ3n) is 3.73. The quantitative estimate of drug-likeness (QED) is 0.786. The van der Waals surface area contributed by atoms with Crippen molar-refractivity contribution in [2.24, 2.45) is 0 Å². The number of hydrogen-bond acceptors (Lipinski definition) is 5. The highest BCUT2D eigenvalue weighted by atomic mass is 16.1. The van der Waals surface area contributed by atoms with Gasteiger partial charge in [0.1, 0.15) is 0 Å². The molecule has 0 radical (unpaired) electrons. The molecule has 104 valence electrons. The monoisotopic (exact) mass is 263 g/mol. The third kappa shape index (κ3) is 3.33. The minimum atomic E-state index is -0.0588. The van der Waals surface area contributed by atoms with E-state index in [0.29, 0.717) is 18.5 Å². The molecule has 3 rings (SSSR count). The van der Waals surface area contributed by atoms with Gasteiger partial charge < -0.3 is 15.1 Å². The van der Waals surface area contributed by atoms with Crippen LogP contribution in [0.5, 0.6) is 0 Å². The summed E-state index contributed by atoms with van der Waals surface area (Å²) in [7, 11) is 2.11. The van der Waals surface area contributed by atoms with Gasteiger partial charge in [0.2, 0.25) is 5.95 Å². The van der Waals surface area contributed by atoms with Crippen molar-refractivity contribution in [3.8, 4) is 0 Å². The summed E-state index contributed by atoms with van der Waals surface area (Å²) >= 11 is 0. The number of piperazine rings is 1. The van der Waals surface area contributed by atoms with E-state index in [4.69, 9.17) is 0 Å². The van der Waals surface area contributed by atoms with Gasteiger partial charge in [-0.3, -0.25) is 9.78 Å². The van der Waals surface area contributed by atoms with E-state index in [1.165, 1.54) is 12.8 Å². The van der Waals surface area contributed by atoms with Crippen molar-refractivity contribution in [3.63, 3.8) is 0 Å². The zero-order chi connectivity index (χ0) is 13.2. The summed E-state index contributed by atoms with van der Waals surface area (Å²) in [6.45, 7) is 4.54. The molecule has 0 atom stereocenters. The number of aromatic nitrogens is 2. The minimum Gasteiger partial charge on any atom is -0.340 e. The molecule has 1 saturated heterocycles. The fourth-order valence-electron chi connectivity index (χ4n) is 2.29. The van der Waals surface area contributed by atoms with Crippen LogP contribution in [0.4, 0.5) is 5.95 Å². The molecule has 6 nitrogen and oxygen atoms in total. The number of likely N-dealkylation sites (N-methyl/N-ethyl adjacent to an activating group) is 1. The highest BCUT2D eigenvalue weighted by Gasteiger charge is 2.21. The molecule has 0 unspecified atom stereocenters. The highest BCUT2D eigenvalue weighted by Crippen LogP contribution is 2.19. The van der Waals surface area contributed by atoms with E-state index in [9.17, 15) is 4.79 Å². The fraction of sp³-hybridized carbons (Fsp3) is 0.692. The zero-order valence-corrected chi connectivity index (χ0v) is 11.4. The SMILES string of the molecule is CN1CCN(c2nc(CNC3CC3)cc(=O)[nH]2)CC1. The molecule has 1 aromatic heterocycles. The Morgan fingerprint density at radius 1 is 1.37 bits per heavy atom. The molecule has 1 aromatic rings. The van der Waals surface area contributed by atoms with Crippen LogP contribution < -0.4 is 15.8 Å². The molecule has 0 spiro atoms. The average molecular weight is 263 g/mol. The van der Waals surface area contributed by atoms with Crippen molar-refractivity contribution in [2.75, 3.05) is 38.1 Å². The van der Waals surface area contributed by atoms with Crippen LogP contribution >= 0.6 is 0 Å². The zero-order valence-electron chi connectivity index (χ0n) is 11.4. The molecule has 2 aliphatic rings. The predicted molar refractivity (Wildman–Crippen MR) is 74.4 cm³/mol. The summed E-state index contributed by atoms with van der Waals surface area (Å²) in [5.41, 5.74) is 0.779. The lowest BCUT2D eigenvalue weighted by atomic mass is 10.3. The van der Waals surface area contributed by atoms with Crippen LogP contribution in [0, 0.1) is 0 Å². The van der Waals surface area contributed by atoms with Crippen molar-refractivity contribution in [3.05, 3.63) is 22.1 Å². The van der Waals surface area contributed by atoms with Gasteiger partial charge in [-0.25, -0.2) is 4.98 Å². The van der Waals surface area contributed by atoms with Crippen LogP contribution in [-0.2, 0) is 6.54 Å². The number of nitrogens with zero attached hydrogens (tertiary/aromatic N) is 3. The van der Waals surface area contributed by atoms with Gasteiger partial charge in [-0.2, -0.15) is 0 Å². The molecule has 0 bridgehead atoms. The Bertz CT molecular complexity index is 488. The van der Waals surface area contributed by atoms with Crippen LogP contribution in [-0.4, -0.2) is 54.1 Å². The Morgan fingerprint density at radius 2 is 2.11 bits per heavy atom. The largest absolute Gasteiger partial charge is 0.340 e. The fourth-order valence-corrected chi connectivity index (χ4v) is 2.29.